The number of likely N-dealkylation sites (tertiary alicyclic amines) is 2. The highest BCUT2D eigenvalue weighted by Crippen LogP contribution is 2.43. The number of aryl methyl sites for hydroxylation is 2. The van der Waals surface area contributed by atoms with Crippen LogP contribution in [-0.4, -0.2) is 60.5 Å². The molecule has 0 aliphatic carbocycles. The third-order valence-electron chi connectivity index (χ3n) is 7.28. The minimum absolute atomic E-state index is 0.00120. The lowest BCUT2D eigenvalue weighted by Crippen LogP contribution is -2.45. The Bertz CT molecular complexity index is 980. The molecule has 6 nitrogen and oxygen atoms in total. The SMILES string of the molecule is Cc1ccc2oc(C(=O)N3CCC4(CC3)CC(CN3CCCC3)OC4=O)c(C)c2c1. The number of carbonyl (C=O) groups excluding carboxylic acids is 2. The van der Waals surface area contributed by atoms with Crippen molar-refractivity contribution >= 4 is 22.8 Å². The van der Waals surface area contributed by atoms with E-state index < -0.39 is 5.41 Å². The van der Waals surface area contributed by atoms with Crippen molar-refractivity contribution in [2.45, 2.75) is 52.1 Å². The van der Waals surface area contributed by atoms with Crippen LogP contribution in [0, 0.1) is 19.3 Å². The summed E-state index contributed by atoms with van der Waals surface area (Å²) in [6.07, 6.45) is 4.61. The maximum Gasteiger partial charge on any atom is 0.312 e. The second-order valence-corrected chi connectivity index (χ2v) is 9.37. The maximum absolute atomic E-state index is 13.2. The fourth-order valence-corrected chi connectivity index (χ4v) is 5.42. The number of ether oxygens (including phenoxy) is 1. The Kier molecular flexibility index (Phi) is 4.85. The summed E-state index contributed by atoms with van der Waals surface area (Å²) in [7, 11) is 0. The quantitative estimate of drug-likeness (QED) is 0.723. The molecule has 1 atom stereocenters. The Morgan fingerprint density at radius 2 is 1.87 bits per heavy atom. The summed E-state index contributed by atoms with van der Waals surface area (Å²) in [5, 5.41) is 0.996. The van der Waals surface area contributed by atoms with Crippen molar-refractivity contribution in [2.75, 3.05) is 32.7 Å². The van der Waals surface area contributed by atoms with Crippen LogP contribution in [0.1, 0.15) is 53.8 Å². The molecule has 3 fully saturated rings. The van der Waals surface area contributed by atoms with Gasteiger partial charge in [-0.05, 0) is 64.8 Å². The molecule has 1 amide bonds. The summed E-state index contributed by atoms with van der Waals surface area (Å²) in [5.41, 5.74) is 2.37. The molecule has 3 saturated heterocycles. The molecule has 2 aromatic rings. The number of hydrogen-bond donors (Lipinski definition) is 0. The highest BCUT2D eigenvalue weighted by molar-refractivity contribution is 5.99. The number of fused-ring (bicyclic) bond motifs is 1. The van der Waals surface area contributed by atoms with Gasteiger partial charge in [0.15, 0.2) is 5.76 Å². The average molecular weight is 411 g/mol. The number of esters is 1. The molecule has 6 heteroatoms. The van der Waals surface area contributed by atoms with Gasteiger partial charge in [0.1, 0.15) is 11.7 Å². The zero-order valence-corrected chi connectivity index (χ0v) is 17.9. The van der Waals surface area contributed by atoms with Crippen LogP contribution in [0.15, 0.2) is 22.6 Å². The van der Waals surface area contributed by atoms with Crippen LogP contribution < -0.4 is 0 Å². The molecule has 4 heterocycles. The number of rotatable bonds is 3. The number of benzene rings is 1. The summed E-state index contributed by atoms with van der Waals surface area (Å²) in [6.45, 7) is 8.20. The number of hydrogen-bond acceptors (Lipinski definition) is 5. The Balaban J connectivity index is 1.26. The molecule has 0 bridgehead atoms. The molecule has 1 aromatic carbocycles. The molecule has 0 radical (unpaired) electrons. The first kappa shape index (κ1) is 19.6. The molecule has 3 aliphatic rings. The van der Waals surface area contributed by atoms with Crippen LogP contribution in [0.2, 0.25) is 0 Å². The number of cyclic esters (lactones) is 1. The van der Waals surface area contributed by atoms with Gasteiger partial charge >= 0.3 is 5.97 Å². The Morgan fingerprint density at radius 3 is 2.60 bits per heavy atom. The molecule has 160 valence electrons. The van der Waals surface area contributed by atoms with Crippen molar-refractivity contribution in [1.82, 2.24) is 9.80 Å². The molecular formula is C24H30N2O4. The van der Waals surface area contributed by atoms with Crippen molar-refractivity contribution in [3.8, 4) is 0 Å². The first-order chi connectivity index (χ1) is 14.4. The van der Waals surface area contributed by atoms with E-state index in [1.807, 2.05) is 30.9 Å². The normalized spacial score (nSPS) is 24.1. The highest BCUT2D eigenvalue weighted by Gasteiger charge is 2.51. The smallest absolute Gasteiger partial charge is 0.312 e. The minimum atomic E-state index is -0.415. The van der Waals surface area contributed by atoms with Gasteiger partial charge in [-0.2, -0.15) is 0 Å². The first-order valence-electron chi connectivity index (χ1n) is 11.2. The van der Waals surface area contributed by atoms with E-state index in [4.69, 9.17) is 9.15 Å². The van der Waals surface area contributed by atoms with Gasteiger partial charge in [-0.25, -0.2) is 0 Å². The van der Waals surface area contributed by atoms with Crippen molar-refractivity contribution in [2.24, 2.45) is 5.41 Å². The van der Waals surface area contributed by atoms with Gasteiger partial charge in [0.05, 0.1) is 5.41 Å². The number of furan rings is 1. The van der Waals surface area contributed by atoms with E-state index in [-0.39, 0.29) is 18.0 Å². The Hall–Kier alpha value is -2.34. The number of nitrogens with zero attached hydrogens (tertiary/aromatic N) is 2. The van der Waals surface area contributed by atoms with Crippen LogP contribution in [0.3, 0.4) is 0 Å². The van der Waals surface area contributed by atoms with E-state index in [1.54, 1.807) is 0 Å². The lowest BCUT2D eigenvalue weighted by Gasteiger charge is -2.36. The van der Waals surface area contributed by atoms with Crippen molar-refractivity contribution in [3.63, 3.8) is 0 Å². The summed E-state index contributed by atoms with van der Waals surface area (Å²) < 4.78 is 11.7. The van der Waals surface area contributed by atoms with Crippen molar-refractivity contribution in [3.05, 3.63) is 35.1 Å². The number of carbonyl (C=O) groups is 2. The summed E-state index contributed by atoms with van der Waals surface area (Å²) in [6, 6.07) is 5.98. The second kappa shape index (κ2) is 7.41. The minimum Gasteiger partial charge on any atom is -0.461 e. The van der Waals surface area contributed by atoms with Crippen LogP contribution in [0.5, 0.6) is 0 Å². The van der Waals surface area contributed by atoms with E-state index in [9.17, 15) is 9.59 Å². The van der Waals surface area contributed by atoms with E-state index in [0.29, 0.717) is 31.7 Å². The molecule has 30 heavy (non-hydrogen) atoms. The highest BCUT2D eigenvalue weighted by atomic mass is 16.6. The maximum atomic E-state index is 13.2. The molecule has 1 aromatic heterocycles. The van der Waals surface area contributed by atoms with E-state index in [2.05, 4.69) is 11.0 Å². The van der Waals surface area contributed by atoms with Gasteiger partial charge in [0.25, 0.3) is 5.91 Å². The monoisotopic (exact) mass is 410 g/mol. The van der Waals surface area contributed by atoms with Gasteiger partial charge in [0, 0.05) is 37.0 Å². The number of amides is 1. The van der Waals surface area contributed by atoms with Crippen LogP contribution >= 0.6 is 0 Å². The van der Waals surface area contributed by atoms with Crippen LogP contribution in [0.4, 0.5) is 0 Å². The Morgan fingerprint density at radius 1 is 1.13 bits per heavy atom. The van der Waals surface area contributed by atoms with Gasteiger partial charge < -0.3 is 14.1 Å². The lowest BCUT2D eigenvalue weighted by atomic mass is 9.76. The molecule has 3 aliphatic heterocycles. The zero-order chi connectivity index (χ0) is 20.9. The van der Waals surface area contributed by atoms with Crippen LogP contribution in [0.25, 0.3) is 11.0 Å². The van der Waals surface area contributed by atoms with Crippen molar-refractivity contribution in [1.29, 1.82) is 0 Å². The first-order valence-corrected chi connectivity index (χ1v) is 11.2. The third-order valence-corrected chi connectivity index (χ3v) is 7.28. The van der Waals surface area contributed by atoms with Gasteiger partial charge in [-0.3, -0.25) is 14.5 Å². The predicted molar refractivity (Wildman–Crippen MR) is 113 cm³/mol. The molecule has 0 N–H and O–H groups in total. The third kappa shape index (κ3) is 3.31. The summed E-state index contributed by atoms with van der Waals surface area (Å²) >= 11 is 0. The predicted octanol–water partition coefficient (Wildman–Crippen LogP) is 3.68. The molecule has 1 spiro atoms. The zero-order valence-electron chi connectivity index (χ0n) is 17.9. The van der Waals surface area contributed by atoms with E-state index in [1.165, 1.54) is 12.8 Å². The molecular weight excluding hydrogens is 380 g/mol. The standard InChI is InChI=1S/C24H30N2O4/c1-16-5-6-20-19(13-16)17(2)21(30-20)22(27)26-11-7-24(8-12-26)14-18(29-23(24)28)15-25-9-3-4-10-25/h5-6,13,18H,3-4,7-12,14-15H2,1-2H3. The average Bonchev–Trinajstić information content (AvgIpc) is 3.43. The summed E-state index contributed by atoms with van der Waals surface area (Å²) in [5.74, 6) is 0.290. The van der Waals surface area contributed by atoms with E-state index >= 15 is 0 Å². The Labute approximate surface area is 177 Å². The molecule has 5 rings (SSSR count). The largest absolute Gasteiger partial charge is 0.461 e. The van der Waals surface area contributed by atoms with Crippen LogP contribution in [-0.2, 0) is 9.53 Å². The van der Waals surface area contributed by atoms with Gasteiger partial charge in [-0.1, -0.05) is 11.6 Å². The van der Waals surface area contributed by atoms with E-state index in [0.717, 1.165) is 48.2 Å². The summed E-state index contributed by atoms with van der Waals surface area (Å²) in [4.78, 5) is 30.1. The fraction of sp³-hybridized carbons (Fsp3) is 0.583. The topological polar surface area (TPSA) is 63.0 Å². The molecule has 1 unspecified atom stereocenters. The van der Waals surface area contributed by atoms with Crippen molar-refractivity contribution < 1.29 is 18.7 Å². The molecule has 0 saturated carbocycles. The second-order valence-electron chi connectivity index (χ2n) is 9.37. The van der Waals surface area contributed by atoms with Gasteiger partial charge in [0.2, 0.25) is 0 Å². The lowest BCUT2D eigenvalue weighted by molar-refractivity contribution is -0.151. The van der Waals surface area contributed by atoms with Gasteiger partial charge in [-0.15, -0.1) is 0 Å². The fourth-order valence-electron chi connectivity index (χ4n) is 5.42. The number of piperidine rings is 1.